The van der Waals surface area contributed by atoms with Gasteiger partial charge in [0.15, 0.2) is 17.3 Å². The second kappa shape index (κ2) is 15.7. The number of carbonyl (C=O) groups is 3. The van der Waals surface area contributed by atoms with Crippen LogP contribution in [0, 0.1) is 0 Å². The molecule has 0 unspecified atom stereocenters. The second-order valence-electron chi connectivity index (χ2n) is 5.30. The Morgan fingerprint density at radius 3 is 0.560 bits per heavy atom. The minimum atomic E-state index is -0.0787. The molecule has 0 amide bonds. The molecule has 6 nitrogen and oxygen atoms in total. The number of hydrogen-bond donors (Lipinski definition) is 3. The van der Waals surface area contributed by atoms with E-state index in [0.29, 0.717) is 16.7 Å². The maximum absolute atomic E-state index is 10.4. The van der Waals surface area contributed by atoms with Crippen LogP contribution in [-0.2, 0) is 31.7 Å². The Morgan fingerprint density at radius 1 is 0.440 bits per heavy atom. The van der Waals surface area contributed by atoms with Crippen LogP contribution in [0.2, 0.25) is 0 Å². The first-order chi connectivity index (χ1) is 10.7. The molecule has 0 atom stereocenters. The number of hydrogen-bond acceptors (Lipinski definition) is 6. The maximum Gasteiger partial charge on any atom is 0.158 e. The molecule has 0 rings (SSSR count). The zero-order valence-corrected chi connectivity index (χ0v) is 17.7. The van der Waals surface area contributed by atoms with Gasteiger partial charge in [0, 0.05) is 34.1 Å². The van der Waals surface area contributed by atoms with Gasteiger partial charge < -0.3 is 15.3 Å². The first-order valence-corrected chi connectivity index (χ1v) is 7.28. The molecule has 3 N–H and O–H groups in total. The average molecular weight is 394 g/mol. The van der Waals surface area contributed by atoms with Crippen molar-refractivity contribution in [2.24, 2.45) is 0 Å². The number of carbonyl (C=O) groups excluding carboxylic acids is 3. The van der Waals surface area contributed by atoms with Gasteiger partial charge in [-0.1, -0.05) is 0 Å². The summed E-state index contributed by atoms with van der Waals surface area (Å²) in [6, 6.07) is 0. The van der Waals surface area contributed by atoms with Crippen LogP contribution in [0.4, 0.5) is 0 Å². The molecule has 0 aromatic carbocycles. The van der Waals surface area contributed by atoms with Crippen LogP contribution in [0.5, 0.6) is 0 Å². The summed E-state index contributed by atoms with van der Waals surface area (Å²) in [6.45, 7) is 13.6. The van der Waals surface area contributed by atoms with Gasteiger partial charge in [0.1, 0.15) is 0 Å². The van der Waals surface area contributed by atoms with Crippen molar-refractivity contribution in [1.82, 2.24) is 0 Å². The Kier molecular flexibility index (Phi) is 19.4. The first-order valence-electron chi connectivity index (χ1n) is 7.28. The van der Waals surface area contributed by atoms with Gasteiger partial charge in [-0.2, -0.15) is 0 Å². The molecule has 144 valence electrons. The van der Waals surface area contributed by atoms with Crippen LogP contribution in [0.15, 0.2) is 34.0 Å². The van der Waals surface area contributed by atoms with Crippen molar-refractivity contribution in [1.29, 1.82) is 0 Å². The Morgan fingerprint density at radius 2 is 0.560 bits per heavy atom. The zero-order chi connectivity index (χ0) is 20.2. The van der Waals surface area contributed by atoms with Crippen molar-refractivity contribution in [3.63, 3.8) is 0 Å². The molecular weight excluding hydrogens is 364 g/mol. The number of Topliss-reactive ketones (excluding diaryl/α,β-unsaturated/α-hetero) is 3. The van der Waals surface area contributed by atoms with Gasteiger partial charge in [0.05, 0.1) is 17.3 Å². The molecular formula is C18H30CrO6. The molecule has 0 aliphatic rings. The molecule has 0 saturated heterocycles. The predicted molar refractivity (Wildman–Crippen MR) is 95.1 cm³/mol. The summed E-state index contributed by atoms with van der Waals surface area (Å²) in [5, 5.41) is 26.0. The number of ketones is 3. The molecule has 0 heterocycles. The summed E-state index contributed by atoms with van der Waals surface area (Å²) in [5.41, 5.74) is 1.31. The molecule has 25 heavy (non-hydrogen) atoms. The van der Waals surface area contributed by atoms with Gasteiger partial charge in [-0.15, -0.1) is 0 Å². The smallest absolute Gasteiger partial charge is 0.158 e. The molecule has 0 aromatic heterocycles. The largest absolute Gasteiger partial charge is 0.512 e. The minimum absolute atomic E-state index is 0. The number of aliphatic hydroxyl groups is 3. The van der Waals surface area contributed by atoms with Crippen LogP contribution >= 0.6 is 0 Å². The predicted octanol–water partition coefficient (Wildman–Crippen LogP) is 4.28. The summed E-state index contributed by atoms with van der Waals surface area (Å²) >= 11 is 0. The topological polar surface area (TPSA) is 112 Å². The Bertz CT molecular complexity index is 475. The molecule has 0 spiro atoms. The van der Waals surface area contributed by atoms with Crippen LogP contribution in [0.1, 0.15) is 62.3 Å². The van der Waals surface area contributed by atoms with E-state index in [0.717, 1.165) is 0 Å². The molecule has 0 aliphatic heterocycles. The van der Waals surface area contributed by atoms with E-state index in [2.05, 4.69) is 0 Å². The van der Waals surface area contributed by atoms with Crippen LogP contribution in [0.3, 0.4) is 0 Å². The van der Waals surface area contributed by atoms with E-state index in [4.69, 9.17) is 15.3 Å². The van der Waals surface area contributed by atoms with E-state index in [1.807, 2.05) is 0 Å². The monoisotopic (exact) mass is 394 g/mol. The van der Waals surface area contributed by atoms with E-state index in [-0.39, 0.29) is 52.0 Å². The Hall–Kier alpha value is -1.84. The van der Waals surface area contributed by atoms with Crippen molar-refractivity contribution in [2.45, 2.75) is 62.3 Å². The third-order valence-corrected chi connectivity index (χ3v) is 3.21. The molecule has 0 aromatic rings. The summed E-state index contributed by atoms with van der Waals surface area (Å²) < 4.78 is 0. The van der Waals surface area contributed by atoms with E-state index >= 15 is 0 Å². The molecule has 0 bridgehead atoms. The Labute approximate surface area is 161 Å². The third kappa shape index (κ3) is 18.3. The van der Waals surface area contributed by atoms with E-state index in [1.54, 1.807) is 20.8 Å². The molecule has 0 aliphatic carbocycles. The van der Waals surface area contributed by atoms with Gasteiger partial charge >= 0.3 is 0 Å². The van der Waals surface area contributed by atoms with E-state index in [9.17, 15) is 14.4 Å². The summed E-state index contributed by atoms with van der Waals surface area (Å²) in [5.74, 6) is 0.0903. The SMILES string of the molecule is CC(=O)C(C)=C(C)O.CC(=O)C(C)=C(C)O.CC(=O)C(C)=C(C)O.[Cr]. The number of rotatable bonds is 3. The average Bonchev–Trinajstić information content (AvgIpc) is 2.45. The van der Waals surface area contributed by atoms with E-state index < -0.39 is 0 Å². The summed E-state index contributed by atoms with van der Waals surface area (Å²) in [7, 11) is 0. The normalized spacial score (nSPS) is 12.4. The minimum Gasteiger partial charge on any atom is -0.512 e. The first kappa shape index (κ1) is 31.0. The standard InChI is InChI=1S/3C6H10O2.Cr/c3*1-4(5(2)7)6(3)8;/h3*7H,1-3H3;. The van der Waals surface area contributed by atoms with Crippen molar-refractivity contribution in [3.05, 3.63) is 34.0 Å². The Balaban J connectivity index is -0.000000130. The van der Waals surface area contributed by atoms with Gasteiger partial charge in [-0.25, -0.2) is 0 Å². The molecule has 0 fully saturated rings. The molecule has 0 saturated carbocycles. The quantitative estimate of drug-likeness (QED) is 0.487. The fraction of sp³-hybridized carbons (Fsp3) is 0.500. The van der Waals surface area contributed by atoms with Crippen LogP contribution < -0.4 is 0 Å². The molecule has 7 heteroatoms. The van der Waals surface area contributed by atoms with E-state index in [1.165, 1.54) is 41.5 Å². The fourth-order valence-electron chi connectivity index (χ4n) is 0.764. The third-order valence-electron chi connectivity index (χ3n) is 3.21. The van der Waals surface area contributed by atoms with Gasteiger partial charge in [0.25, 0.3) is 0 Å². The van der Waals surface area contributed by atoms with Gasteiger partial charge in [-0.3, -0.25) is 14.4 Å². The maximum atomic E-state index is 10.4. The summed E-state index contributed by atoms with van der Waals surface area (Å²) in [4.78, 5) is 31.1. The van der Waals surface area contributed by atoms with Crippen LogP contribution in [0.25, 0.3) is 0 Å². The van der Waals surface area contributed by atoms with Crippen LogP contribution in [-0.4, -0.2) is 32.7 Å². The number of aliphatic hydroxyl groups excluding tert-OH is 3. The van der Waals surface area contributed by atoms with Gasteiger partial charge in [0.2, 0.25) is 0 Å². The fourth-order valence-corrected chi connectivity index (χ4v) is 0.764. The van der Waals surface area contributed by atoms with Gasteiger partial charge in [-0.05, 0) is 62.3 Å². The van der Waals surface area contributed by atoms with Crippen molar-refractivity contribution in [2.75, 3.05) is 0 Å². The molecule has 0 radical (unpaired) electrons. The van der Waals surface area contributed by atoms with Crippen molar-refractivity contribution >= 4 is 17.3 Å². The second-order valence-corrected chi connectivity index (χ2v) is 5.30. The number of allylic oxidation sites excluding steroid dienone is 6. The van der Waals surface area contributed by atoms with Crippen molar-refractivity contribution < 1.29 is 47.1 Å². The van der Waals surface area contributed by atoms with Crippen molar-refractivity contribution in [3.8, 4) is 0 Å². The summed E-state index contributed by atoms with van der Waals surface area (Å²) in [6.07, 6.45) is 0. The zero-order valence-electron chi connectivity index (χ0n) is 16.5.